The summed E-state index contributed by atoms with van der Waals surface area (Å²) in [5, 5.41) is 17.2. The van der Waals surface area contributed by atoms with Crippen molar-refractivity contribution in [3.63, 3.8) is 0 Å². The number of carbonyl (C=O) groups excluding carboxylic acids is 1. The molecule has 0 saturated heterocycles. The lowest BCUT2D eigenvalue weighted by molar-refractivity contribution is 0.0841. The van der Waals surface area contributed by atoms with E-state index in [1.165, 1.54) is 23.9 Å². The summed E-state index contributed by atoms with van der Waals surface area (Å²) >= 11 is 0. The molecule has 3 heterocycles. The molecular formula is C31H42N6O4. The molecular weight excluding hydrogens is 520 g/mol. The average molecular weight is 563 g/mol. The maximum Gasteiger partial charge on any atom is 0.251 e. The largest absolute Gasteiger partial charge is 0.485 e. The maximum absolute atomic E-state index is 13.1. The Labute approximate surface area is 242 Å². The molecule has 1 aliphatic heterocycles. The van der Waals surface area contributed by atoms with Gasteiger partial charge < -0.3 is 29.8 Å². The Hall–Kier alpha value is -3.63. The number of hydrogen-bond donors (Lipinski definition) is 3. The lowest BCUT2D eigenvalue weighted by Crippen LogP contribution is -2.42. The zero-order chi connectivity index (χ0) is 28.9. The molecule has 5 rings (SSSR count). The molecule has 2 aliphatic rings. The van der Waals surface area contributed by atoms with Crippen LogP contribution in [-0.4, -0.2) is 71.3 Å². The first kappa shape index (κ1) is 28.9. The summed E-state index contributed by atoms with van der Waals surface area (Å²) in [6, 6.07) is 8.15. The molecule has 0 bridgehead atoms. The number of β-amino-alcohol motifs (C(OH)–C–C–N with tert-alkyl or cyclic N) is 1. The molecule has 1 atom stereocenters. The summed E-state index contributed by atoms with van der Waals surface area (Å²) in [4.78, 5) is 26.1. The van der Waals surface area contributed by atoms with Crippen LogP contribution < -0.4 is 20.3 Å². The molecule has 220 valence electrons. The molecule has 1 saturated carbocycles. The predicted octanol–water partition coefficient (Wildman–Crippen LogP) is 3.83. The second-order valence-corrected chi connectivity index (χ2v) is 11.2. The number of oxazole rings is 1. The zero-order valence-electron chi connectivity index (χ0n) is 24.6. The molecule has 0 spiro atoms. The number of ether oxygens (including phenoxy) is 1. The average Bonchev–Trinajstić information content (AvgIpc) is 3.37. The highest BCUT2D eigenvalue weighted by atomic mass is 16.5. The van der Waals surface area contributed by atoms with Gasteiger partial charge in [0.25, 0.3) is 5.91 Å². The lowest BCUT2D eigenvalue weighted by Gasteiger charge is -2.31. The molecule has 3 N–H and O–H groups in total. The fourth-order valence-corrected chi connectivity index (χ4v) is 5.31. The van der Waals surface area contributed by atoms with Crippen LogP contribution in [0, 0.1) is 13.8 Å². The summed E-state index contributed by atoms with van der Waals surface area (Å²) in [5.41, 5.74) is 5.06. The summed E-state index contributed by atoms with van der Waals surface area (Å²) in [6.45, 7) is 9.43. The number of anilines is 2. The minimum absolute atomic E-state index is 0.182. The van der Waals surface area contributed by atoms with E-state index in [0.29, 0.717) is 24.8 Å². The summed E-state index contributed by atoms with van der Waals surface area (Å²) in [5.74, 6) is 2.86. The van der Waals surface area contributed by atoms with E-state index in [0.717, 1.165) is 73.3 Å². The number of nitrogens with one attached hydrogen (secondary N) is 2. The van der Waals surface area contributed by atoms with Crippen molar-refractivity contribution >= 4 is 17.5 Å². The Balaban J connectivity index is 1.14. The van der Waals surface area contributed by atoms with Gasteiger partial charge in [0.05, 0.1) is 11.8 Å². The molecule has 1 aliphatic carbocycles. The number of benzene rings is 1. The Kier molecular flexibility index (Phi) is 9.09. The number of hydrogen-bond acceptors (Lipinski definition) is 9. The summed E-state index contributed by atoms with van der Waals surface area (Å²) in [7, 11) is 1.96. The van der Waals surface area contributed by atoms with Crippen molar-refractivity contribution in [2.45, 2.75) is 71.8 Å². The standard InChI is InChI=1S/C31H42N6O4/c1-5-36(4)30-14-23(13-29(35-30)34-24-7-6-8-24)31(39)32-15-25(38)17-37-12-11-26-20(2)27(10-9-22(26)16-37)40-18-28-21(3)33-19-41-28/h9-10,13-14,19,24-25,38H,5-8,11-12,15-18H2,1-4H3,(H,32,39)(H,34,35)/t25-/m0/s1. The Bertz CT molecular complexity index is 1350. The van der Waals surface area contributed by atoms with Crippen LogP contribution in [0.1, 0.15) is 64.7 Å². The third kappa shape index (κ3) is 7.00. The lowest BCUT2D eigenvalue weighted by atomic mass is 9.93. The summed E-state index contributed by atoms with van der Waals surface area (Å²) < 4.78 is 11.4. The second kappa shape index (κ2) is 12.9. The van der Waals surface area contributed by atoms with Gasteiger partial charge in [-0.25, -0.2) is 9.97 Å². The number of fused-ring (bicyclic) bond motifs is 1. The van der Waals surface area contributed by atoms with Gasteiger partial charge in [-0.1, -0.05) is 6.07 Å². The van der Waals surface area contributed by atoms with Gasteiger partial charge in [-0.3, -0.25) is 9.69 Å². The van der Waals surface area contributed by atoms with E-state index in [-0.39, 0.29) is 12.5 Å². The van der Waals surface area contributed by atoms with E-state index in [9.17, 15) is 9.90 Å². The molecule has 3 aromatic rings. The summed E-state index contributed by atoms with van der Waals surface area (Å²) in [6.07, 6.45) is 5.11. The number of nitrogens with zero attached hydrogens (tertiary/aromatic N) is 4. The van der Waals surface area contributed by atoms with Gasteiger partial charge >= 0.3 is 0 Å². The number of aryl methyl sites for hydroxylation is 1. The number of aliphatic hydroxyl groups excluding tert-OH is 1. The first-order valence-electron chi connectivity index (χ1n) is 14.6. The molecule has 0 unspecified atom stereocenters. The molecule has 10 nitrogen and oxygen atoms in total. The van der Waals surface area contributed by atoms with Crippen LogP contribution in [0.2, 0.25) is 0 Å². The van der Waals surface area contributed by atoms with E-state index in [4.69, 9.17) is 14.1 Å². The minimum Gasteiger partial charge on any atom is -0.485 e. The van der Waals surface area contributed by atoms with Gasteiger partial charge in [-0.2, -0.15) is 0 Å². The van der Waals surface area contributed by atoms with E-state index in [1.54, 1.807) is 0 Å². The van der Waals surface area contributed by atoms with Crippen molar-refractivity contribution in [1.29, 1.82) is 0 Å². The fraction of sp³-hybridized carbons (Fsp3) is 0.516. The normalized spacial score (nSPS) is 16.0. The maximum atomic E-state index is 13.1. The third-order valence-corrected chi connectivity index (χ3v) is 8.29. The molecule has 1 fully saturated rings. The van der Waals surface area contributed by atoms with E-state index < -0.39 is 6.10 Å². The van der Waals surface area contributed by atoms with Gasteiger partial charge in [-0.05, 0) is 81.3 Å². The molecule has 0 radical (unpaired) electrons. The van der Waals surface area contributed by atoms with E-state index in [1.807, 2.05) is 37.1 Å². The van der Waals surface area contributed by atoms with Gasteiger partial charge in [0.15, 0.2) is 12.2 Å². The quantitative estimate of drug-likeness (QED) is 0.303. The smallest absolute Gasteiger partial charge is 0.251 e. The van der Waals surface area contributed by atoms with Crippen molar-refractivity contribution in [3.05, 3.63) is 64.4 Å². The van der Waals surface area contributed by atoms with E-state index in [2.05, 4.69) is 40.4 Å². The third-order valence-electron chi connectivity index (χ3n) is 8.29. The Morgan fingerprint density at radius 2 is 2.12 bits per heavy atom. The first-order valence-corrected chi connectivity index (χ1v) is 14.6. The topological polar surface area (TPSA) is 116 Å². The molecule has 1 amide bonds. The van der Waals surface area contributed by atoms with Gasteiger partial charge in [0, 0.05) is 51.4 Å². The monoisotopic (exact) mass is 562 g/mol. The Morgan fingerprint density at radius 1 is 1.29 bits per heavy atom. The van der Waals surface area contributed by atoms with Crippen molar-refractivity contribution in [3.8, 4) is 5.75 Å². The van der Waals surface area contributed by atoms with Gasteiger partial charge in [-0.15, -0.1) is 0 Å². The van der Waals surface area contributed by atoms with Crippen LogP contribution in [0.15, 0.2) is 35.1 Å². The number of amides is 1. The second-order valence-electron chi connectivity index (χ2n) is 11.2. The van der Waals surface area contributed by atoms with Crippen LogP contribution in [0.4, 0.5) is 11.6 Å². The first-order chi connectivity index (χ1) is 19.8. The molecule has 1 aromatic carbocycles. The predicted molar refractivity (Wildman–Crippen MR) is 159 cm³/mol. The zero-order valence-corrected chi connectivity index (χ0v) is 24.6. The highest BCUT2D eigenvalue weighted by molar-refractivity contribution is 5.95. The van der Waals surface area contributed by atoms with Crippen LogP contribution in [0.5, 0.6) is 5.75 Å². The van der Waals surface area contributed by atoms with E-state index >= 15 is 0 Å². The SMILES string of the molecule is CCN(C)c1cc(C(=O)NC[C@H](O)CN2CCc3c(ccc(OCc4ocnc4C)c3C)C2)cc(NC2CCC2)n1. The van der Waals surface area contributed by atoms with Crippen LogP contribution >= 0.6 is 0 Å². The number of aliphatic hydroxyl groups is 1. The highest BCUT2D eigenvalue weighted by Crippen LogP contribution is 2.30. The van der Waals surface area contributed by atoms with Crippen molar-refractivity contribution in [2.24, 2.45) is 0 Å². The van der Waals surface area contributed by atoms with Crippen molar-refractivity contribution in [2.75, 3.05) is 43.4 Å². The Morgan fingerprint density at radius 3 is 2.83 bits per heavy atom. The van der Waals surface area contributed by atoms with Crippen LogP contribution in [0.25, 0.3) is 0 Å². The van der Waals surface area contributed by atoms with Crippen molar-refractivity contribution < 1.29 is 19.1 Å². The molecule has 2 aromatic heterocycles. The minimum atomic E-state index is -0.679. The highest BCUT2D eigenvalue weighted by Gasteiger charge is 2.23. The number of aromatic nitrogens is 2. The number of pyridine rings is 1. The van der Waals surface area contributed by atoms with Crippen molar-refractivity contribution in [1.82, 2.24) is 20.2 Å². The number of carbonyl (C=O) groups is 1. The number of rotatable bonds is 12. The van der Waals surface area contributed by atoms with Gasteiger partial charge in [0.1, 0.15) is 24.0 Å². The van der Waals surface area contributed by atoms with Gasteiger partial charge in [0.2, 0.25) is 0 Å². The van der Waals surface area contributed by atoms with Crippen LogP contribution in [-0.2, 0) is 19.6 Å². The molecule has 41 heavy (non-hydrogen) atoms. The molecule has 10 heteroatoms. The van der Waals surface area contributed by atoms with Crippen LogP contribution in [0.3, 0.4) is 0 Å². The fourth-order valence-electron chi connectivity index (χ4n) is 5.31.